The normalized spacial score (nSPS) is 22.8. The fraction of sp³-hybridized carbons (Fsp3) is 0.594. The zero-order chi connectivity index (χ0) is 26.6. The van der Waals surface area contributed by atoms with E-state index in [4.69, 9.17) is 4.74 Å². The molecule has 2 aromatic rings. The summed E-state index contributed by atoms with van der Waals surface area (Å²) in [6.07, 6.45) is 7.38. The smallest absolute Gasteiger partial charge is 0.228 e. The van der Waals surface area contributed by atoms with Crippen LogP contribution in [0.5, 0.6) is 5.75 Å². The first-order chi connectivity index (χ1) is 18.4. The van der Waals surface area contributed by atoms with Crippen molar-refractivity contribution in [3.8, 4) is 5.75 Å². The Morgan fingerprint density at radius 2 is 1.58 bits per heavy atom. The van der Waals surface area contributed by atoms with Crippen molar-refractivity contribution in [2.75, 3.05) is 57.8 Å². The second-order valence-corrected chi connectivity index (χ2v) is 12.0. The van der Waals surface area contributed by atoms with Gasteiger partial charge < -0.3 is 24.5 Å². The lowest BCUT2D eigenvalue weighted by molar-refractivity contribution is -0.145. The number of nitrogens with zero attached hydrogens (tertiary/aromatic N) is 3. The monoisotopic (exact) mass is 519 g/mol. The van der Waals surface area contributed by atoms with Crippen molar-refractivity contribution in [3.63, 3.8) is 0 Å². The van der Waals surface area contributed by atoms with Gasteiger partial charge in [0.15, 0.2) is 0 Å². The van der Waals surface area contributed by atoms with Gasteiger partial charge in [-0.3, -0.25) is 4.79 Å². The lowest BCUT2D eigenvalue weighted by Gasteiger charge is -2.46. The molecule has 1 amide bonds. The number of hydrogen-bond donors (Lipinski definition) is 1. The van der Waals surface area contributed by atoms with Gasteiger partial charge in [0.1, 0.15) is 12.4 Å². The third-order valence-electron chi connectivity index (χ3n) is 9.23. The molecule has 0 radical (unpaired) electrons. The summed E-state index contributed by atoms with van der Waals surface area (Å²) in [7, 11) is 1.93. The van der Waals surface area contributed by atoms with Crippen molar-refractivity contribution in [1.29, 1.82) is 0 Å². The van der Waals surface area contributed by atoms with Gasteiger partial charge in [0, 0.05) is 32.4 Å². The Balaban J connectivity index is 1.17. The molecule has 206 valence electrons. The Kier molecular flexibility index (Phi) is 8.29. The van der Waals surface area contributed by atoms with E-state index < -0.39 is 5.60 Å². The van der Waals surface area contributed by atoms with Crippen LogP contribution in [-0.4, -0.2) is 79.3 Å². The predicted molar refractivity (Wildman–Crippen MR) is 153 cm³/mol. The van der Waals surface area contributed by atoms with E-state index in [0.717, 1.165) is 83.3 Å². The Morgan fingerprint density at radius 1 is 0.868 bits per heavy atom. The molecular weight excluding hydrogens is 474 g/mol. The van der Waals surface area contributed by atoms with Crippen LogP contribution in [0.4, 0.5) is 5.69 Å². The standard InChI is InChI=1S/C32H45N3O3/c1-26-10-12-28(13-11-26)35-21-17-32(37,18-22-35)25-34-19-15-31(16-20-34)14-6-5-8-27-7-3-4-9-29(27)38-24-23-33(2)30(31)36/h3-4,7,9-13,37H,5-6,8,14-25H2,1-2H3. The number of anilines is 1. The highest BCUT2D eigenvalue weighted by Gasteiger charge is 2.44. The van der Waals surface area contributed by atoms with Crippen LogP contribution in [0.15, 0.2) is 48.5 Å². The van der Waals surface area contributed by atoms with Crippen molar-refractivity contribution in [3.05, 3.63) is 59.7 Å². The van der Waals surface area contributed by atoms with Crippen molar-refractivity contribution < 1.29 is 14.6 Å². The van der Waals surface area contributed by atoms with E-state index in [1.807, 2.05) is 24.1 Å². The second-order valence-electron chi connectivity index (χ2n) is 12.0. The summed E-state index contributed by atoms with van der Waals surface area (Å²) in [5, 5.41) is 11.5. The van der Waals surface area contributed by atoms with Crippen LogP contribution in [0.25, 0.3) is 0 Å². The number of ether oxygens (including phenoxy) is 1. The number of hydrogen-bond acceptors (Lipinski definition) is 5. The average Bonchev–Trinajstić information content (AvgIpc) is 2.93. The van der Waals surface area contributed by atoms with Crippen molar-refractivity contribution in [2.45, 2.75) is 63.9 Å². The van der Waals surface area contributed by atoms with E-state index in [9.17, 15) is 9.90 Å². The number of β-amino-alcohol motifs (C(OH)–C–C–N with tert-alkyl or cyclic N) is 1. The first-order valence-electron chi connectivity index (χ1n) is 14.6. The number of aryl methyl sites for hydroxylation is 2. The molecule has 6 nitrogen and oxygen atoms in total. The quantitative estimate of drug-likeness (QED) is 0.639. The topological polar surface area (TPSA) is 56.2 Å². The van der Waals surface area contributed by atoms with E-state index >= 15 is 0 Å². The number of aliphatic hydroxyl groups is 1. The summed E-state index contributed by atoms with van der Waals surface area (Å²) in [5.74, 6) is 1.24. The van der Waals surface area contributed by atoms with Gasteiger partial charge in [-0.25, -0.2) is 0 Å². The van der Waals surface area contributed by atoms with Crippen LogP contribution in [0, 0.1) is 12.3 Å². The minimum absolute atomic E-state index is 0.278. The summed E-state index contributed by atoms with van der Waals surface area (Å²) in [6.45, 7) is 7.47. The van der Waals surface area contributed by atoms with Crippen LogP contribution in [-0.2, 0) is 11.2 Å². The molecule has 5 rings (SSSR count). The molecule has 2 saturated heterocycles. The number of benzene rings is 2. The molecule has 38 heavy (non-hydrogen) atoms. The molecule has 3 aliphatic rings. The van der Waals surface area contributed by atoms with Crippen LogP contribution in [0.2, 0.25) is 0 Å². The molecule has 3 heterocycles. The number of piperidine rings is 2. The Morgan fingerprint density at radius 3 is 2.32 bits per heavy atom. The van der Waals surface area contributed by atoms with E-state index in [1.54, 1.807) is 0 Å². The third kappa shape index (κ3) is 6.18. The van der Waals surface area contributed by atoms with Crippen molar-refractivity contribution in [2.24, 2.45) is 5.41 Å². The molecule has 6 heteroatoms. The largest absolute Gasteiger partial charge is 0.491 e. The fourth-order valence-electron chi connectivity index (χ4n) is 6.65. The number of amides is 1. The minimum Gasteiger partial charge on any atom is -0.491 e. The molecule has 2 fully saturated rings. The maximum absolute atomic E-state index is 13.7. The summed E-state index contributed by atoms with van der Waals surface area (Å²) < 4.78 is 6.08. The molecule has 1 N–H and O–H groups in total. The van der Waals surface area contributed by atoms with Gasteiger partial charge in [-0.15, -0.1) is 0 Å². The summed E-state index contributed by atoms with van der Waals surface area (Å²) in [6, 6.07) is 17.0. The zero-order valence-electron chi connectivity index (χ0n) is 23.3. The van der Waals surface area contributed by atoms with Crippen LogP contribution in [0.3, 0.4) is 0 Å². The summed E-state index contributed by atoms with van der Waals surface area (Å²) >= 11 is 0. The molecular formula is C32H45N3O3. The first-order valence-corrected chi connectivity index (χ1v) is 14.6. The Bertz CT molecular complexity index is 1070. The number of para-hydroxylation sites is 1. The van der Waals surface area contributed by atoms with Gasteiger partial charge >= 0.3 is 0 Å². The molecule has 0 bridgehead atoms. The lowest BCUT2D eigenvalue weighted by Crippen LogP contribution is -2.55. The van der Waals surface area contributed by atoms with Gasteiger partial charge in [0.25, 0.3) is 0 Å². The van der Waals surface area contributed by atoms with E-state index in [1.165, 1.54) is 16.8 Å². The summed E-state index contributed by atoms with van der Waals surface area (Å²) in [4.78, 5) is 20.4. The molecule has 0 saturated carbocycles. The number of carbonyl (C=O) groups is 1. The Labute approximate surface area is 228 Å². The van der Waals surface area contributed by atoms with E-state index in [0.29, 0.717) is 19.7 Å². The molecule has 2 aromatic carbocycles. The van der Waals surface area contributed by atoms with Crippen LogP contribution >= 0.6 is 0 Å². The van der Waals surface area contributed by atoms with Crippen LogP contribution in [0.1, 0.15) is 56.1 Å². The highest BCUT2D eigenvalue weighted by molar-refractivity contribution is 5.82. The van der Waals surface area contributed by atoms with E-state index in [2.05, 4.69) is 53.1 Å². The van der Waals surface area contributed by atoms with Crippen molar-refractivity contribution >= 4 is 11.6 Å². The molecule has 0 aromatic heterocycles. The zero-order valence-corrected chi connectivity index (χ0v) is 23.3. The average molecular weight is 520 g/mol. The highest BCUT2D eigenvalue weighted by atomic mass is 16.5. The molecule has 3 aliphatic heterocycles. The maximum Gasteiger partial charge on any atom is 0.228 e. The second kappa shape index (κ2) is 11.7. The SMILES string of the molecule is Cc1ccc(N2CCC(O)(CN3CCC4(CCCCc5ccccc5OCCN(C)C4=O)CC3)CC2)cc1. The third-order valence-corrected chi connectivity index (χ3v) is 9.23. The van der Waals surface area contributed by atoms with Crippen molar-refractivity contribution in [1.82, 2.24) is 9.80 Å². The van der Waals surface area contributed by atoms with Gasteiger partial charge in [-0.1, -0.05) is 42.3 Å². The Hall–Kier alpha value is -2.57. The van der Waals surface area contributed by atoms with Crippen LogP contribution < -0.4 is 9.64 Å². The maximum atomic E-state index is 13.7. The predicted octanol–water partition coefficient (Wildman–Crippen LogP) is 4.67. The first kappa shape index (κ1) is 27.0. The number of rotatable bonds is 3. The minimum atomic E-state index is -0.649. The molecule has 0 unspecified atom stereocenters. The van der Waals surface area contributed by atoms with Gasteiger partial charge in [-0.05, 0) is 88.7 Å². The van der Waals surface area contributed by atoms with Gasteiger partial charge in [-0.2, -0.15) is 0 Å². The fourth-order valence-corrected chi connectivity index (χ4v) is 6.65. The number of carbonyl (C=O) groups excluding carboxylic acids is 1. The lowest BCUT2D eigenvalue weighted by atomic mass is 9.72. The number of fused-ring (bicyclic) bond motifs is 1. The summed E-state index contributed by atoms with van der Waals surface area (Å²) in [5.41, 5.74) is 2.85. The molecule has 0 atom stereocenters. The number of likely N-dealkylation sites (tertiary alicyclic amines) is 1. The highest BCUT2D eigenvalue weighted by Crippen LogP contribution is 2.40. The van der Waals surface area contributed by atoms with Gasteiger partial charge in [0.05, 0.1) is 17.6 Å². The molecule has 1 spiro atoms. The number of likely N-dealkylation sites (N-methyl/N-ethyl adjacent to an activating group) is 1. The van der Waals surface area contributed by atoms with E-state index in [-0.39, 0.29) is 11.3 Å². The molecule has 0 aliphatic carbocycles. The van der Waals surface area contributed by atoms with Gasteiger partial charge in [0.2, 0.25) is 5.91 Å².